The Balaban J connectivity index is 1.88. The minimum atomic E-state index is -0.417. The van der Waals surface area contributed by atoms with E-state index < -0.39 is 6.09 Å². The molecule has 2 aromatic rings. The fraction of sp³-hybridized carbons (Fsp3) is 0.188. The van der Waals surface area contributed by atoms with Gasteiger partial charge in [-0.2, -0.15) is 0 Å². The number of hydrogen-bond donors (Lipinski definition) is 0. The van der Waals surface area contributed by atoms with Gasteiger partial charge in [-0.1, -0.05) is 36.4 Å². The molecule has 0 saturated carbocycles. The van der Waals surface area contributed by atoms with E-state index in [1.165, 1.54) is 11.0 Å². The quantitative estimate of drug-likeness (QED) is 0.819. The molecule has 0 spiro atoms. The summed E-state index contributed by atoms with van der Waals surface area (Å²) in [6.45, 7) is 0.587. The van der Waals surface area contributed by atoms with Crippen LogP contribution in [-0.4, -0.2) is 18.0 Å². The fourth-order valence-corrected chi connectivity index (χ4v) is 2.23. The molecule has 0 fully saturated rings. The van der Waals surface area contributed by atoms with Crippen LogP contribution in [0.15, 0.2) is 53.0 Å². The van der Waals surface area contributed by atoms with Gasteiger partial charge >= 0.3 is 6.09 Å². The predicted octanol–water partition coefficient (Wildman–Crippen LogP) is 4.36. The van der Waals surface area contributed by atoms with Crippen LogP contribution < -0.4 is 0 Å². The summed E-state index contributed by atoms with van der Waals surface area (Å²) in [5.41, 5.74) is 1.76. The van der Waals surface area contributed by atoms with Gasteiger partial charge in [0.15, 0.2) is 0 Å². The molecule has 2 rings (SSSR count). The summed E-state index contributed by atoms with van der Waals surface area (Å²) in [6, 6.07) is 14.1. The Hall–Kier alpha value is -1.88. The molecular formula is C16H15BrFNO2. The van der Waals surface area contributed by atoms with Gasteiger partial charge in [-0.15, -0.1) is 0 Å². The third-order valence-corrected chi connectivity index (χ3v) is 3.53. The molecule has 0 radical (unpaired) electrons. The molecule has 110 valence electrons. The maximum atomic E-state index is 13.2. The van der Waals surface area contributed by atoms with Gasteiger partial charge < -0.3 is 9.64 Å². The summed E-state index contributed by atoms with van der Waals surface area (Å²) in [7, 11) is 1.64. The number of amides is 1. The highest BCUT2D eigenvalue weighted by Crippen LogP contribution is 2.18. The van der Waals surface area contributed by atoms with Gasteiger partial charge in [-0.05, 0) is 39.2 Å². The number of nitrogens with zero attached hydrogens (tertiary/aromatic N) is 1. The Kier molecular flexibility index (Phi) is 5.33. The Labute approximate surface area is 131 Å². The van der Waals surface area contributed by atoms with E-state index in [1.807, 2.05) is 30.3 Å². The summed E-state index contributed by atoms with van der Waals surface area (Å²) in [5.74, 6) is -0.326. The summed E-state index contributed by atoms with van der Waals surface area (Å²) in [4.78, 5) is 13.3. The summed E-state index contributed by atoms with van der Waals surface area (Å²) in [6.07, 6.45) is -0.417. The molecule has 0 heterocycles. The van der Waals surface area contributed by atoms with Crippen LogP contribution in [0.25, 0.3) is 0 Å². The third kappa shape index (κ3) is 4.56. The second kappa shape index (κ2) is 7.22. The Morgan fingerprint density at radius 2 is 1.90 bits per heavy atom. The monoisotopic (exact) mass is 351 g/mol. The van der Waals surface area contributed by atoms with Crippen molar-refractivity contribution in [2.75, 3.05) is 7.05 Å². The van der Waals surface area contributed by atoms with Crippen molar-refractivity contribution in [1.29, 1.82) is 0 Å². The Morgan fingerprint density at radius 1 is 1.19 bits per heavy atom. The van der Waals surface area contributed by atoms with Crippen LogP contribution in [-0.2, 0) is 17.9 Å². The SMILES string of the molecule is CN(Cc1ccc(F)c(Br)c1)C(=O)OCc1ccccc1. The van der Waals surface area contributed by atoms with Crippen molar-refractivity contribution in [3.63, 3.8) is 0 Å². The molecule has 0 unspecified atom stereocenters. The van der Waals surface area contributed by atoms with Crippen molar-refractivity contribution >= 4 is 22.0 Å². The van der Waals surface area contributed by atoms with Crippen LogP contribution in [0.5, 0.6) is 0 Å². The zero-order chi connectivity index (χ0) is 15.2. The maximum absolute atomic E-state index is 13.2. The van der Waals surface area contributed by atoms with Gasteiger partial charge in [0.2, 0.25) is 0 Å². The lowest BCUT2D eigenvalue weighted by Crippen LogP contribution is -2.26. The Bertz CT molecular complexity index is 619. The van der Waals surface area contributed by atoms with E-state index in [-0.39, 0.29) is 12.4 Å². The molecule has 0 aliphatic rings. The molecule has 0 atom stereocenters. The first-order chi connectivity index (χ1) is 10.1. The van der Waals surface area contributed by atoms with E-state index in [1.54, 1.807) is 19.2 Å². The minimum Gasteiger partial charge on any atom is -0.445 e. The van der Waals surface area contributed by atoms with Crippen molar-refractivity contribution < 1.29 is 13.9 Å². The molecule has 2 aromatic carbocycles. The second-order valence-corrected chi connectivity index (χ2v) is 5.50. The topological polar surface area (TPSA) is 29.5 Å². The van der Waals surface area contributed by atoms with Crippen molar-refractivity contribution in [1.82, 2.24) is 4.90 Å². The predicted molar refractivity (Wildman–Crippen MR) is 82.2 cm³/mol. The number of ether oxygens (including phenoxy) is 1. The smallest absolute Gasteiger partial charge is 0.410 e. The van der Waals surface area contributed by atoms with Gasteiger partial charge in [-0.3, -0.25) is 0 Å². The Morgan fingerprint density at radius 3 is 2.57 bits per heavy atom. The van der Waals surface area contributed by atoms with Gasteiger partial charge in [0.05, 0.1) is 4.47 Å². The van der Waals surface area contributed by atoms with E-state index >= 15 is 0 Å². The van der Waals surface area contributed by atoms with E-state index in [0.717, 1.165) is 11.1 Å². The third-order valence-electron chi connectivity index (χ3n) is 2.92. The van der Waals surface area contributed by atoms with Gasteiger partial charge in [-0.25, -0.2) is 9.18 Å². The first-order valence-corrected chi connectivity index (χ1v) is 7.21. The molecule has 0 aromatic heterocycles. The number of carbonyl (C=O) groups excluding carboxylic acids is 1. The van der Waals surface area contributed by atoms with Crippen LogP contribution >= 0.6 is 15.9 Å². The average molecular weight is 352 g/mol. The molecule has 3 nitrogen and oxygen atoms in total. The molecule has 21 heavy (non-hydrogen) atoms. The first-order valence-electron chi connectivity index (χ1n) is 6.42. The van der Waals surface area contributed by atoms with Crippen molar-refractivity contribution in [2.24, 2.45) is 0 Å². The normalized spacial score (nSPS) is 10.2. The molecule has 0 aliphatic carbocycles. The highest BCUT2D eigenvalue weighted by Gasteiger charge is 2.11. The van der Waals surface area contributed by atoms with Crippen LogP contribution in [0, 0.1) is 5.82 Å². The van der Waals surface area contributed by atoms with Crippen LogP contribution in [0.3, 0.4) is 0 Å². The fourth-order valence-electron chi connectivity index (χ4n) is 1.81. The van der Waals surface area contributed by atoms with E-state index in [2.05, 4.69) is 15.9 Å². The van der Waals surface area contributed by atoms with Crippen LogP contribution in [0.1, 0.15) is 11.1 Å². The maximum Gasteiger partial charge on any atom is 0.410 e. The number of rotatable bonds is 4. The average Bonchev–Trinajstić information content (AvgIpc) is 2.49. The van der Waals surface area contributed by atoms with Gasteiger partial charge in [0.25, 0.3) is 0 Å². The number of halogens is 2. The largest absolute Gasteiger partial charge is 0.445 e. The number of carbonyl (C=O) groups is 1. The van der Waals surface area contributed by atoms with Gasteiger partial charge in [0, 0.05) is 13.6 Å². The highest BCUT2D eigenvalue weighted by molar-refractivity contribution is 9.10. The lowest BCUT2D eigenvalue weighted by Gasteiger charge is -2.17. The lowest BCUT2D eigenvalue weighted by molar-refractivity contribution is 0.103. The van der Waals surface area contributed by atoms with Crippen LogP contribution in [0.4, 0.5) is 9.18 Å². The first kappa shape index (κ1) is 15.5. The van der Waals surface area contributed by atoms with Crippen LogP contribution in [0.2, 0.25) is 0 Å². The summed E-state index contributed by atoms with van der Waals surface area (Å²) in [5, 5.41) is 0. The number of benzene rings is 2. The molecule has 1 amide bonds. The van der Waals surface area contributed by atoms with Crippen molar-refractivity contribution in [3.05, 3.63) is 69.9 Å². The number of hydrogen-bond acceptors (Lipinski definition) is 2. The molecule has 0 aliphatic heterocycles. The molecule has 0 N–H and O–H groups in total. The standard InChI is InChI=1S/C16H15BrFNO2/c1-19(10-13-7-8-15(18)14(17)9-13)16(20)21-11-12-5-3-2-4-6-12/h2-9H,10-11H2,1H3. The van der Waals surface area contributed by atoms with Crippen molar-refractivity contribution in [3.8, 4) is 0 Å². The molecule has 0 bridgehead atoms. The summed E-state index contributed by atoms with van der Waals surface area (Å²) >= 11 is 3.12. The van der Waals surface area contributed by atoms with E-state index in [0.29, 0.717) is 11.0 Å². The molecule has 5 heteroatoms. The zero-order valence-corrected chi connectivity index (χ0v) is 13.1. The molecular weight excluding hydrogens is 337 g/mol. The lowest BCUT2D eigenvalue weighted by atomic mass is 10.2. The minimum absolute atomic E-state index is 0.233. The van der Waals surface area contributed by atoms with E-state index in [9.17, 15) is 9.18 Å². The van der Waals surface area contributed by atoms with E-state index in [4.69, 9.17) is 4.74 Å². The molecule has 0 saturated heterocycles. The second-order valence-electron chi connectivity index (χ2n) is 4.64. The summed E-state index contributed by atoms with van der Waals surface area (Å²) < 4.78 is 18.7. The highest BCUT2D eigenvalue weighted by atomic mass is 79.9. The van der Waals surface area contributed by atoms with Gasteiger partial charge in [0.1, 0.15) is 12.4 Å². The van der Waals surface area contributed by atoms with Crippen molar-refractivity contribution in [2.45, 2.75) is 13.2 Å². The zero-order valence-electron chi connectivity index (χ0n) is 11.6.